The second-order valence-corrected chi connectivity index (χ2v) is 6.35. The molecule has 7 heteroatoms. The molecule has 104 valence electrons. The fourth-order valence-electron chi connectivity index (χ4n) is 2.39. The highest BCUT2D eigenvalue weighted by molar-refractivity contribution is 7.39. The van der Waals surface area contributed by atoms with Gasteiger partial charge in [-0.25, -0.2) is 0 Å². The molecule has 0 N–H and O–H groups in total. The van der Waals surface area contributed by atoms with Crippen LogP contribution in [0.2, 0.25) is 0 Å². The van der Waals surface area contributed by atoms with E-state index in [-0.39, 0.29) is 18.3 Å². The highest BCUT2D eigenvalue weighted by atomic mass is 31.1. The first-order valence-electron chi connectivity index (χ1n) is 5.99. The van der Waals surface area contributed by atoms with Crippen molar-refractivity contribution >= 4 is 8.03 Å². The molecule has 0 aromatic heterocycles. The Kier molecular flexibility index (Phi) is 4.36. The predicted molar refractivity (Wildman–Crippen MR) is 63.6 cm³/mol. The molecule has 2 fully saturated rings. The van der Waals surface area contributed by atoms with Crippen LogP contribution in [-0.4, -0.2) is 50.8 Å². The maximum Gasteiger partial charge on any atom is 0.507 e. The average molecular weight is 279 g/mol. The molecular formula is C11H20O6P+. The third kappa shape index (κ3) is 2.90. The Hall–Kier alpha value is -0.100. The van der Waals surface area contributed by atoms with E-state index in [1.54, 1.807) is 7.11 Å². The summed E-state index contributed by atoms with van der Waals surface area (Å²) in [6.07, 6.45) is 0.0438. The van der Waals surface area contributed by atoms with Gasteiger partial charge in [0.2, 0.25) is 0 Å². The molecule has 2 saturated heterocycles. The molecule has 2 heterocycles. The third-order valence-corrected chi connectivity index (χ3v) is 4.17. The zero-order valence-corrected chi connectivity index (χ0v) is 12.0. The summed E-state index contributed by atoms with van der Waals surface area (Å²) in [7, 11) is 1.39. The Morgan fingerprint density at radius 3 is 2.50 bits per heavy atom. The van der Waals surface area contributed by atoms with Crippen molar-refractivity contribution in [3.63, 3.8) is 0 Å². The molecule has 18 heavy (non-hydrogen) atoms. The topological polar surface area (TPSA) is 63.2 Å². The van der Waals surface area contributed by atoms with Crippen LogP contribution >= 0.6 is 8.03 Å². The highest BCUT2D eigenvalue weighted by Crippen LogP contribution is 2.40. The normalized spacial score (nSPS) is 38.8. The van der Waals surface area contributed by atoms with Gasteiger partial charge in [0.15, 0.2) is 18.2 Å². The summed E-state index contributed by atoms with van der Waals surface area (Å²) < 4.78 is 38.6. The molecule has 0 aliphatic carbocycles. The molecule has 0 bridgehead atoms. The first-order valence-corrected chi connectivity index (χ1v) is 7.36. The second kappa shape index (κ2) is 5.49. The zero-order chi connectivity index (χ0) is 13.3. The lowest BCUT2D eigenvalue weighted by Gasteiger charge is -2.22. The van der Waals surface area contributed by atoms with Crippen LogP contribution < -0.4 is 0 Å². The van der Waals surface area contributed by atoms with Gasteiger partial charge in [-0.3, -0.25) is 0 Å². The Bertz CT molecular complexity index is 321. The largest absolute Gasteiger partial charge is 0.507 e. The molecule has 0 aromatic carbocycles. The molecule has 0 aromatic rings. The minimum atomic E-state index is -1.62. The predicted octanol–water partition coefficient (Wildman–Crippen LogP) is 1.66. The van der Waals surface area contributed by atoms with Crippen LogP contribution in [0.15, 0.2) is 0 Å². The number of ether oxygens (including phenoxy) is 4. The molecule has 0 amide bonds. The number of methoxy groups -OCH3 is 1. The van der Waals surface area contributed by atoms with E-state index in [0.29, 0.717) is 12.6 Å². The minimum absolute atomic E-state index is 0.171. The maximum absolute atomic E-state index is 11.3. The molecule has 2 rings (SSSR count). The average Bonchev–Trinajstić information content (AvgIpc) is 2.79. The summed E-state index contributed by atoms with van der Waals surface area (Å²) in [5.74, 6) is -0.627. The first kappa shape index (κ1) is 14.3. The molecule has 1 unspecified atom stereocenters. The van der Waals surface area contributed by atoms with Crippen LogP contribution in [0.5, 0.6) is 0 Å². The van der Waals surface area contributed by atoms with Crippen LogP contribution in [-0.2, 0) is 28.0 Å². The van der Waals surface area contributed by atoms with E-state index in [1.165, 1.54) is 7.11 Å². The lowest BCUT2D eigenvalue weighted by molar-refractivity contribution is -0.227. The van der Waals surface area contributed by atoms with E-state index in [2.05, 4.69) is 0 Å². The summed E-state index contributed by atoms with van der Waals surface area (Å²) >= 11 is 0. The molecule has 5 atom stereocenters. The van der Waals surface area contributed by atoms with Gasteiger partial charge in [0.25, 0.3) is 0 Å². The van der Waals surface area contributed by atoms with Crippen molar-refractivity contribution in [3.8, 4) is 0 Å². The molecule has 0 spiro atoms. The Labute approximate surface area is 108 Å². The Morgan fingerprint density at radius 1 is 1.22 bits per heavy atom. The van der Waals surface area contributed by atoms with Gasteiger partial charge < -0.3 is 18.9 Å². The molecular weight excluding hydrogens is 259 g/mol. The van der Waals surface area contributed by atoms with Crippen molar-refractivity contribution < 1.29 is 28.0 Å². The zero-order valence-electron chi connectivity index (χ0n) is 11.1. The van der Waals surface area contributed by atoms with Crippen molar-refractivity contribution in [2.45, 2.75) is 50.7 Å². The van der Waals surface area contributed by atoms with Crippen LogP contribution in [0, 0.1) is 0 Å². The van der Waals surface area contributed by atoms with Crippen molar-refractivity contribution in [1.82, 2.24) is 0 Å². The monoisotopic (exact) mass is 279 g/mol. The molecule has 2 aliphatic heterocycles. The van der Waals surface area contributed by atoms with Crippen molar-refractivity contribution in [2.24, 2.45) is 0 Å². The van der Waals surface area contributed by atoms with E-state index in [4.69, 9.17) is 23.5 Å². The molecule has 0 radical (unpaired) electrons. The summed E-state index contributed by atoms with van der Waals surface area (Å²) in [5.41, 5.74) is 0. The van der Waals surface area contributed by atoms with Crippen molar-refractivity contribution in [3.05, 3.63) is 0 Å². The van der Waals surface area contributed by atoms with Gasteiger partial charge in [-0.2, -0.15) is 0 Å². The summed E-state index contributed by atoms with van der Waals surface area (Å²) in [4.78, 5) is 0. The third-order valence-electron chi connectivity index (χ3n) is 3.14. The van der Waals surface area contributed by atoms with Crippen LogP contribution in [0.25, 0.3) is 0 Å². The van der Waals surface area contributed by atoms with Gasteiger partial charge in [0.05, 0.1) is 13.2 Å². The quantitative estimate of drug-likeness (QED) is 0.713. The smallest absolute Gasteiger partial charge is 0.353 e. The van der Waals surface area contributed by atoms with E-state index in [9.17, 15) is 4.57 Å². The molecule has 2 aliphatic rings. The number of fused-ring (bicyclic) bond motifs is 1. The van der Waals surface area contributed by atoms with Crippen LogP contribution in [0.4, 0.5) is 0 Å². The fourth-order valence-corrected chi connectivity index (χ4v) is 3.04. The van der Waals surface area contributed by atoms with Gasteiger partial charge >= 0.3 is 8.03 Å². The van der Waals surface area contributed by atoms with E-state index in [0.717, 1.165) is 0 Å². The minimum Gasteiger partial charge on any atom is -0.353 e. The standard InChI is InChI=1S/C11H20O6P/c1-11(2)16-8-7(5-6-18(12)14-4)15-10(13-3)9(8)17-11/h7-10H,5-6H2,1-4H3/q+1/t7-,8-,9-,10-/m1/s1. The van der Waals surface area contributed by atoms with Gasteiger partial charge in [0.1, 0.15) is 12.2 Å². The van der Waals surface area contributed by atoms with Gasteiger partial charge in [-0.15, -0.1) is 4.52 Å². The highest BCUT2D eigenvalue weighted by Gasteiger charge is 2.55. The van der Waals surface area contributed by atoms with Crippen LogP contribution in [0.3, 0.4) is 0 Å². The Morgan fingerprint density at radius 2 is 1.89 bits per heavy atom. The van der Waals surface area contributed by atoms with Crippen molar-refractivity contribution in [1.29, 1.82) is 0 Å². The Balaban J connectivity index is 1.98. The number of hydrogen-bond donors (Lipinski definition) is 0. The summed E-state index contributed by atoms with van der Waals surface area (Å²) in [6.45, 7) is 3.73. The van der Waals surface area contributed by atoms with Crippen LogP contribution in [0.1, 0.15) is 20.3 Å². The molecule has 6 nitrogen and oxygen atoms in total. The van der Waals surface area contributed by atoms with E-state index < -0.39 is 20.1 Å². The van der Waals surface area contributed by atoms with E-state index in [1.807, 2.05) is 13.8 Å². The van der Waals surface area contributed by atoms with Gasteiger partial charge in [-0.1, -0.05) is 0 Å². The summed E-state index contributed by atoms with van der Waals surface area (Å²) in [6, 6.07) is 0. The SMILES string of the molecule is CO[C@@H]1O[C@H](CC[P+](=O)OC)[C@H]2OC(C)(C)O[C@@H]12. The second-order valence-electron chi connectivity index (χ2n) is 4.87. The first-order chi connectivity index (χ1) is 8.46. The van der Waals surface area contributed by atoms with Crippen molar-refractivity contribution in [2.75, 3.05) is 20.4 Å². The number of hydrogen-bond acceptors (Lipinski definition) is 6. The van der Waals surface area contributed by atoms with Gasteiger partial charge in [-0.05, 0) is 18.4 Å². The fraction of sp³-hybridized carbons (Fsp3) is 1.00. The number of rotatable bonds is 5. The lowest BCUT2D eigenvalue weighted by Crippen LogP contribution is -2.30. The lowest BCUT2D eigenvalue weighted by atomic mass is 10.1. The summed E-state index contributed by atoms with van der Waals surface area (Å²) in [5, 5.41) is 0. The van der Waals surface area contributed by atoms with E-state index >= 15 is 0 Å². The van der Waals surface area contributed by atoms with Gasteiger partial charge in [0, 0.05) is 13.5 Å². The molecule has 0 saturated carbocycles. The maximum atomic E-state index is 11.3.